The van der Waals surface area contributed by atoms with E-state index in [-0.39, 0.29) is 29.3 Å². The zero-order valence-electron chi connectivity index (χ0n) is 24.3. The molecule has 1 amide bonds. The van der Waals surface area contributed by atoms with Crippen LogP contribution in [-0.2, 0) is 11.3 Å². The number of rotatable bonds is 8. The number of carboxylic acid groups (broad SMARTS) is 1. The van der Waals surface area contributed by atoms with E-state index in [0.717, 1.165) is 11.6 Å². The second kappa shape index (κ2) is 12.8. The third-order valence-corrected chi connectivity index (χ3v) is 7.82. The standard InChI is InChI=1S/C32H30Cl2FN3O6/c1-19-24(33)8-5-10-28(19)44-32(2,3)18-43-31(41)38-11-6-12-42-29-22(7-4-9-27(29)38)21-15-36-37(16-21)17-23-25(34)13-20(30(39)40)14-26(23)35/h4-5,7-10,13-16H,6,11-12,17-18H2,1-3H3,(H,39,40). The Bertz CT molecular complexity index is 1700. The molecule has 0 spiro atoms. The van der Waals surface area contributed by atoms with E-state index in [1.54, 1.807) is 36.7 Å². The van der Waals surface area contributed by atoms with Crippen LogP contribution in [0, 0.1) is 12.7 Å². The minimum Gasteiger partial charge on any atom is -0.491 e. The Labute approximate surface area is 263 Å². The van der Waals surface area contributed by atoms with E-state index in [0.29, 0.717) is 52.9 Å². The summed E-state index contributed by atoms with van der Waals surface area (Å²) in [5, 5.41) is 14.1. The number of aromatic carboxylic acids is 1. The van der Waals surface area contributed by atoms with Crippen molar-refractivity contribution in [3.8, 4) is 22.6 Å². The molecule has 2 heterocycles. The summed E-state index contributed by atoms with van der Waals surface area (Å²) in [4.78, 5) is 26.1. The van der Waals surface area contributed by atoms with E-state index in [1.165, 1.54) is 15.6 Å². The van der Waals surface area contributed by atoms with Crippen LogP contribution in [0.2, 0.25) is 10.0 Å². The molecular formula is C32H30Cl2FN3O6. The number of nitrogens with zero attached hydrogens (tertiary/aromatic N) is 3. The number of carbonyl (C=O) groups excluding carboxylic acids is 1. The molecule has 0 saturated carbocycles. The van der Waals surface area contributed by atoms with Crippen molar-refractivity contribution in [3.05, 3.63) is 93.5 Å². The third kappa shape index (κ3) is 6.76. The fourth-order valence-corrected chi connectivity index (χ4v) is 5.22. The first kappa shape index (κ1) is 31.2. The maximum absolute atomic E-state index is 14.7. The largest absolute Gasteiger partial charge is 0.491 e. The maximum atomic E-state index is 14.7. The van der Waals surface area contributed by atoms with Crippen molar-refractivity contribution in [3.63, 3.8) is 0 Å². The number of ether oxygens (including phenoxy) is 3. The monoisotopic (exact) mass is 641 g/mol. The first-order valence-corrected chi connectivity index (χ1v) is 14.6. The quantitative estimate of drug-likeness (QED) is 0.211. The molecular weight excluding hydrogens is 612 g/mol. The van der Waals surface area contributed by atoms with Crippen molar-refractivity contribution in [2.75, 3.05) is 24.7 Å². The van der Waals surface area contributed by atoms with Crippen molar-refractivity contribution in [1.29, 1.82) is 0 Å². The van der Waals surface area contributed by atoms with Crippen LogP contribution in [0.4, 0.5) is 14.9 Å². The average molecular weight is 643 g/mol. The summed E-state index contributed by atoms with van der Waals surface area (Å²) in [6, 6.07) is 13.0. The number of halogens is 3. The van der Waals surface area contributed by atoms with Gasteiger partial charge in [0.2, 0.25) is 0 Å². The Morgan fingerprint density at radius 1 is 1.14 bits per heavy atom. The summed E-state index contributed by atoms with van der Waals surface area (Å²) in [6.45, 7) is 6.25. The molecule has 1 aliphatic heterocycles. The fourth-order valence-electron chi connectivity index (χ4n) is 4.79. The van der Waals surface area contributed by atoms with Crippen LogP contribution in [0.25, 0.3) is 11.1 Å². The number of fused-ring (bicyclic) bond motifs is 1. The summed E-state index contributed by atoms with van der Waals surface area (Å²) in [5.74, 6) is -0.915. The van der Waals surface area contributed by atoms with E-state index in [9.17, 15) is 14.0 Å². The van der Waals surface area contributed by atoms with Crippen LogP contribution in [0.15, 0.2) is 60.9 Å². The molecule has 3 aromatic carbocycles. The van der Waals surface area contributed by atoms with Gasteiger partial charge in [0.05, 0.1) is 30.6 Å². The number of carbonyl (C=O) groups is 2. The number of amides is 1. The lowest BCUT2D eigenvalue weighted by Crippen LogP contribution is -2.39. The lowest BCUT2D eigenvalue weighted by atomic mass is 10.1. The molecule has 0 fully saturated rings. The molecule has 1 N–H and O–H groups in total. The summed E-state index contributed by atoms with van der Waals surface area (Å²) < 4.78 is 34.1. The Morgan fingerprint density at radius 3 is 2.66 bits per heavy atom. The van der Waals surface area contributed by atoms with E-state index >= 15 is 0 Å². The predicted molar refractivity (Wildman–Crippen MR) is 165 cm³/mol. The normalized spacial score (nSPS) is 13.1. The Hall–Kier alpha value is -4.28. The van der Waals surface area contributed by atoms with E-state index in [1.807, 2.05) is 32.9 Å². The van der Waals surface area contributed by atoms with Gasteiger partial charge in [0, 0.05) is 45.0 Å². The molecule has 5 rings (SSSR count). The van der Waals surface area contributed by atoms with Crippen molar-refractivity contribution >= 4 is 41.0 Å². The van der Waals surface area contributed by atoms with Gasteiger partial charge in [-0.05, 0) is 57.5 Å². The highest BCUT2D eigenvalue weighted by Gasteiger charge is 2.29. The zero-order chi connectivity index (χ0) is 31.6. The molecule has 9 nitrogen and oxygen atoms in total. The minimum atomic E-state index is -1.27. The Balaban J connectivity index is 1.34. The molecule has 1 aromatic heterocycles. The summed E-state index contributed by atoms with van der Waals surface area (Å²) >= 11 is 12.4. The average Bonchev–Trinajstić information content (AvgIpc) is 3.33. The van der Waals surface area contributed by atoms with Crippen LogP contribution in [-0.4, -0.2) is 52.3 Å². The maximum Gasteiger partial charge on any atom is 0.414 e. The summed E-state index contributed by atoms with van der Waals surface area (Å²) in [7, 11) is 0. The molecule has 0 aliphatic carbocycles. The first-order chi connectivity index (χ1) is 20.9. The van der Waals surface area contributed by atoms with Gasteiger partial charge in [-0.15, -0.1) is 0 Å². The van der Waals surface area contributed by atoms with Gasteiger partial charge in [-0.1, -0.05) is 41.4 Å². The van der Waals surface area contributed by atoms with Crippen molar-refractivity contribution < 1.29 is 33.3 Å². The number of para-hydroxylation sites is 1. The van der Waals surface area contributed by atoms with Gasteiger partial charge in [-0.3, -0.25) is 9.58 Å². The van der Waals surface area contributed by atoms with Gasteiger partial charge >= 0.3 is 12.1 Å². The molecule has 0 unspecified atom stereocenters. The highest BCUT2D eigenvalue weighted by molar-refractivity contribution is 6.32. The second-order valence-electron chi connectivity index (χ2n) is 10.9. The van der Waals surface area contributed by atoms with Crippen LogP contribution >= 0.6 is 23.2 Å². The topological polar surface area (TPSA) is 103 Å². The van der Waals surface area contributed by atoms with Gasteiger partial charge < -0.3 is 19.3 Å². The molecule has 0 atom stereocenters. The number of anilines is 1. The molecule has 0 saturated heterocycles. The first-order valence-electron chi connectivity index (χ1n) is 13.8. The summed E-state index contributed by atoms with van der Waals surface area (Å²) in [6.07, 6.45) is 3.33. The van der Waals surface area contributed by atoms with Crippen LogP contribution in [0.3, 0.4) is 0 Å². The molecule has 1 aliphatic rings. The van der Waals surface area contributed by atoms with Gasteiger partial charge in [0.25, 0.3) is 0 Å². The molecule has 44 heavy (non-hydrogen) atoms. The number of hydrogen-bond donors (Lipinski definition) is 1. The fraction of sp³-hybridized carbons (Fsp3) is 0.281. The highest BCUT2D eigenvalue weighted by atomic mass is 35.5. The number of carboxylic acids is 1. The van der Waals surface area contributed by atoms with Crippen molar-refractivity contribution in [2.45, 2.75) is 39.3 Å². The smallest absolute Gasteiger partial charge is 0.414 e. The van der Waals surface area contributed by atoms with Crippen molar-refractivity contribution in [2.24, 2.45) is 0 Å². The molecule has 4 aromatic rings. The minimum absolute atomic E-state index is 0.0104. The number of hydrogen-bond acceptors (Lipinski definition) is 6. The van der Waals surface area contributed by atoms with Gasteiger partial charge in [-0.2, -0.15) is 5.10 Å². The number of aromatic nitrogens is 2. The zero-order valence-corrected chi connectivity index (χ0v) is 25.8. The molecule has 0 radical (unpaired) electrons. The van der Waals surface area contributed by atoms with Crippen LogP contribution in [0.1, 0.15) is 41.8 Å². The Morgan fingerprint density at radius 2 is 1.91 bits per heavy atom. The van der Waals surface area contributed by atoms with E-state index < -0.39 is 23.5 Å². The molecule has 0 bridgehead atoms. The van der Waals surface area contributed by atoms with Crippen molar-refractivity contribution in [1.82, 2.24) is 9.78 Å². The second-order valence-corrected chi connectivity index (χ2v) is 11.8. The Kier molecular flexibility index (Phi) is 9.03. The van der Waals surface area contributed by atoms with E-state index in [4.69, 9.17) is 42.5 Å². The van der Waals surface area contributed by atoms with Gasteiger partial charge in [-0.25, -0.2) is 14.0 Å². The van der Waals surface area contributed by atoms with Crippen LogP contribution in [0.5, 0.6) is 11.5 Å². The third-order valence-electron chi connectivity index (χ3n) is 7.08. The number of benzene rings is 3. The van der Waals surface area contributed by atoms with Gasteiger partial charge in [0.15, 0.2) is 5.75 Å². The molecule has 230 valence electrons. The lowest BCUT2D eigenvalue weighted by molar-refractivity contribution is 0.0282. The highest BCUT2D eigenvalue weighted by Crippen LogP contribution is 2.40. The van der Waals surface area contributed by atoms with Gasteiger partial charge in [0.1, 0.15) is 23.8 Å². The SMILES string of the molecule is Cc1c(Cl)cccc1OC(C)(C)COC(=O)N1CCCOc2c(-c3cnn(Cc4c(F)cc(C(=O)O)cc4Cl)c3)cccc21. The van der Waals surface area contributed by atoms with Crippen LogP contribution < -0.4 is 14.4 Å². The summed E-state index contributed by atoms with van der Waals surface area (Å²) in [5.41, 5.74) is 1.73. The predicted octanol–water partition coefficient (Wildman–Crippen LogP) is 7.63. The molecule has 12 heteroatoms. The lowest BCUT2D eigenvalue weighted by Gasteiger charge is -2.29. The van der Waals surface area contributed by atoms with E-state index in [2.05, 4.69) is 5.10 Å².